The molecule has 0 aliphatic rings. The molecule has 4 aromatic rings. The molecule has 4 N–H and O–H groups in total. The average molecular weight is 339 g/mol. The van der Waals surface area contributed by atoms with Crippen molar-refractivity contribution in [2.24, 2.45) is 0 Å². The molecule has 0 aliphatic heterocycles. The molecule has 8 nitrogen and oxygen atoms in total. The molecule has 0 saturated carbocycles. The van der Waals surface area contributed by atoms with E-state index in [4.69, 9.17) is 10.3 Å². The highest BCUT2D eigenvalue weighted by Gasteiger charge is 2.12. The van der Waals surface area contributed by atoms with Crippen molar-refractivity contribution in [2.75, 3.05) is 16.4 Å². The van der Waals surface area contributed by atoms with Crippen molar-refractivity contribution in [1.82, 2.24) is 20.1 Å². The summed E-state index contributed by atoms with van der Waals surface area (Å²) in [4.78, 5) is 12.8. The van der Waals surface area contributed by atoms with Crippen molar-refractivity contribution in [3.63, 3.8) is 0 Å². The maximum Gasteiger partial charge on any atom is 0.189 e. The van der Waals surface area contributed by atoms with Gasteiger partial charge in [-0.3, -0.25) is 0 Å². The molecule has 24 heavy (non-hydrogen) atoms. The van der Waals surface area contributed by atoms with Gasteiger partial charge in [-0.05, 0) is 19.1 Å². The molecular formula is C15H13N7OS. The SMILES string of the molecule is Cc1cc(Nc2ncnc(Nc3nc4ccccc4s3)c2N)no1. The maximum absolute atomic E-state index is 6.15. The Morgan fingerprint density at radius 2 is 1.92 bits per heavy atom. The minimum absolute atomic E-state index is 0.373. The fourth-order valence-corrected chi connectivity index (χ4v) is 3.03. The Bertz CT molecular complexity index is 977. The number of fused-ring (bicyclic) bond motifs is 1. The highest BCUT2D eigenvalue weighted by atomic mass is 32.1. The zero-order valence-corrected chi connectivity index (χ0v) is 13.5. The summed E-state index contributed by atoms with van der Waals surface area (Å²) < 4.78 is 6.10. The molecule has 1 aromatic carbocycles. The van der Waals surface area contributed by atoms with E-state index in [1.807, 2.05) is 31.2 Å². The highest BCUT2D eigenvalue weighted by Crippen LogP contribution is 2.31. The van der Waals surface area contributed by atoms with E-state index in [1.54, 1.807) is 6.07 Å². The molecule has 9 heteroatoms. The van der Waals surface area contributed by atoms with Crippen LogP contribution in [0.3, 0.4) is 0 Å². The van der Waals surface area contributed by atoms with Crippen LogP contribution in [0.1, 0.15) is 5.76 Å². The van der Waals surface area contributed by atoms with Crippen LogP contribution < -0.4 is 16.4 Å². The largest absolute Gasteiger partial charge is 0.393 e. The van der Waals surface area contributed by atoms with E-state index >= 15 is 0 Å². The number of hydrogen-bond acceptors (Lipinski definition) is 9. The number of nitrogens with zero attached hydrogens (tertiary/aromatic N) is 4. The van der Waals surface area contributed by atoms with Crippen molar-refractivity contribution in [1.29, 1.82) is 0 Å². The molecule has 4 rings (SSSR count). The smallest absolute Gasteiger partial charge is 0.189 e. The normalized spacial score (nSPS) is 10.9. The molecule has 0 unspecified atom stereocenters. The average Bonchev–Trinajstić information content (AvgIpc) is 3.16. The Labute approximate surface area is 140 Å². The third-order valence-electron chi connectivity index (χ3n) is 3.28. The van der Waals surface area contributed by atoms with Crippen molar-refractivity contribution < 1.29 is 4.52 Å². The van der Waals surface area contributed by atoms with E-state index in [2.05, 4.69) is 30.7 Å². The number of nitrogens with one attached hydrogen (secondary N) is 2. The predicted molar refractivity (Wildman–Crippen MR) is 93.9 cm³/mol. The second-order valence-corrected chi connectivity index (χ2v) is 6.07. The van der Waals surface area contributed by atoms with Gasteiger partial charge in [-0.15, -0.1) is 0 Å². The number of rotatable bonds is 4. The molecule has 0 radical (unpaired) electrons. The second kappa shape index (κ2) is 5.78. The molecule has 3 heterocycles. The van der Waals surface area contributed by atoms with Crippen LogP contribution in [0.2, 0.25) is 0 Å². The van der Waals surface area contributed by atoms with Crippen molar-refractivity contribution in [3.05, 3.63) is 42.4 Å². The Kier molecular flexibility index (Phi) is 3.47. The zero-order valence-electron chi connectivity index (χ0n) is 12.6. The van der Waals surface area contributed by atoms with Gasteiger partial charge in [0.25, 0.3) is 0 Å². The fourth-order valence-electron chi connectivity index (χ4n) is 2.17. The minimum atomic E-state index is 0.373. The van der Waals surface area contributed by atoms with Crippen LogP contribution in [0.25, 0.3) is 10.2 Å². The van der Waals surface area contributed by atoms with E-state index in [0.717, 1.165) is 10.2 Å². The van der Waals surface area contributed by atoms with Gasteiger partial charge < -0.3 is 20.9 Å². The fraction of sp³-hybridized carbons (Fsp3) is 0.0667. The summed E-state index contributed by atoms with van der Waals surface area (Å²) in [5.74, 6) is 2.15. The van der Waals surface area contributed by atoms with Crippen molar-refractivity contribution in [3.8, 4) is 0 Å². The van der Waals surface area contributed by atoms with Gasteiger partial charge in [-0.2, -0.15) is 0 Å². The van der Waals surface area contributed by atoms with Gasteiger partial charge in [0.1, 0.15) is 17.8 Å². The molecule has 0 saturated heterocycles. The zero-order chi connectivity index (χ0) is 16.5. The summed E-state index contributed by atoms with van der Waals surface area (Å²) in [6.45, 7) is 1.81. The summed E-state index contributed by atoms with van der Waals surface area (Å²) in [6, 6.07) is 9.65. The molecule has 0 amide bonds. The number of benzene rings is 1. The highest BCUT2D eigenvalue weighted by molar-refractivity contribution is 7.22. The van der Waals surface area contributed by atoms with Crippen LogP contribution in [0.5, 0.6) is 0 Å². The number of anilines is 5. The van der Waals surface area contributed by atoms with Crippen LogP contribution in [0.15, 0.2) is 41.2 Å². The lowest BCUT2D eigenvalue weighted by Gasteiger charge is -2.09. The molecule has 0 spiro atoms. The van der Waals surface area contributed by atoms with Crippen molar-refractivity contribution in [2.45, 2.75) is 6.92 Å². The van der Waals surface area contributed by atoms with Gasteiger partial charge in [0.2, 0.25) is 0 Å². The quantitative estimate of drug-likeness (QED) is 0.518. The first kappa shape index (κ1) is 14.4. The van der Waals surface area contributed by atoms with E-state index in [-0.39, 0.29) is 0 Å². The first-order valence-corrected chi connectivity index (χ1v) is 7.94. The molecule has 120 valence electrons. The van der Waals surface area contributed by atoms with Gasteiger partial charge in [0.15, 0.2) is 22.6 Å². The van der Waals surface area contributed by atoms with Crippen LogP contribution in [-0.4, -0.2) is 20.1 Å². The molecule has 0 aliphatic carbocycles. The predicted octanol–water partition coefficient (Wildman–Crippen LogP) is 3.45. The van der Waals surface area contributed by atoms with Crippen LogP contribution in [0.4, 0.5) is 28.3 Å². The second-order valence-electron chi connectivity index (χ2n) is 5.04. The van der Waals surface area contributed by atoms with Gasteiger partial charge in [0, 0.05) is 6.07 Å². The van der Waals surface area contributed by atoms with Crippen LogP contribution >= 0.6 is 11.3 Å². The van der Waals surface area contributed by atoms with E-state index in [1.165, 1.54) is 17.7 Å². The van der Waals surface area contributed by atoms with Crippen LogP contribution in [0, 0.1) is 6.92 Å². The number of nitrogen functional groups attached to an aromatic ring is 1. The number of para-hydroxylation sites is 1. The summed E-state index contributed by atoms with van der Waals surface area (Å²) in [6.07, 6.45) is 1.42. The lowest BCUT2D eigenvalue weighted by molar-refractivity contribution is 0.400. The lowest BCUT2D eigenvalue weighted by atomic mass is 10.3. The third kappa shape index (κ3) is 2.72. The molecule has 0 fully saturated rings. The Hall–Kier alpha value is -3.20. The van der Waals surface area contributed by atoms with Crippen molar-refractivity contribution >= 4 is 49.8 Å². The standard InChI is InChI=1S/C15H13N7OS/c1-8-6-11(22-23-8)20-13-12(16)14(18-7-17-13)21-15-19-9-4-2-3-5-10(9)24-15/h2-7H,16H2,1H3,(H2,17,18,19,20,21,22). The Balaban J connectivity index is 1.62. The van der Waals surface area contributed by atoms with Crippen LogP contribution in [-0.2, 0) is 0 Å². The summed E-state index contributed by atoms with van der Waals surface area (Å²) in [7, 11) is 0. The first-order valence-electron chi connectivity index (χ1n) is 7.12. The molecule has 0 atom stereocenters. The number of aryl methyl sites for hydroxylation is 1. The van der Waals surface area contributed by atoms with Gasteiger partial charge in [0.05, 0.1) is 10.2 Å². The monoisotopic (exact) mass is 339 g/mol. The van der Waals surface area contributed by atoms with Gasteiger partial charge >= 0.3 is 0 Å². The maximum atomic E-state index is 6.15. The number of hydrogen-bond donors (Lipinski definition) is 3. The third-order valence-corrected chi connectivity index (χ3v) is 4.23. The molecular weight excluding hydrogens is 326 g/mol. The first-order chi connectivity index (χ1) is 11.7. The van der Waals surface area contributed by atoms with Gasteiger partial charge in [-0.25, -0.2) is 15.0 Å². The lowest BCUT2D eigenvalue weighted by Crippen LogP contribution is -2.05. The summed E-state index contributed by atoms with van der Waals surface area (Å²) in [5, 5.41) is 10.7. The van der Waals surface area contributed by atoms with E-state index < -0.39 is 0 Å². The minimum Gasteiger partial charge on any atom is -0.393 e. The van der Waals surface area contributed by atoms with E-state index in [9.17, 15) is 0 Å². The topological polar surface area (TPSA) is 115 Å². The number of aromatic nitrogens is 4. The summed E-state index contributed by atoms with van der Waals surface area (Å²) in [5.41, 5.74) is 7.45. The number of nitrogens with two attached hydrogens (primary N) is 1. The van der Waals surface area contributed by atoms with Gasteiger partial charge in [-0.1, -0.05) is 28.6 Å². The molecule has 3 aromatic heterocycles. The Morgan fingerprint density at radius 1 is 1.12 bits per heavy atom. The molecule has 0 bridgehead atoms. The number of thiazole rings is 1. The summed E-state index contributed by atoms with van der Waals surface area (Å²) >= 11 is 1.53. The van der Waals surface area contributed by atoms with E-state index in [0.29, 0.717) is 34.0 Å². The Morgan fingerprint density at radius 3 is 2.67 bits per heavy atom.